The van der Waals surface area contributed by atoms with Gasteiger partial charge >= 0.3 is 0 Å². The minimum absolute atomic E-state index is 0.749. The number of hydrogen-bond acceptors (Lipinski definition) is 2. The maximum atomic E-state index is 4.55. The van der Waals surface area contributed by atoms with Crippen LogP contribution in [0.3, 0.4) is 0 Å². The zero-order valence-corrected chi connectivity index (χ0v) is 10.0. The lowest BCUT2D eigenvalue weighted by molar-refractivity contribution is 0.335. The lowest BCUT2D eigenvalue weighted by atomic mass is 10.0. The normalized spacial score (nSPS) is 45.5. The molecule has 3 heterocycles. The topological polar surface area (TPSA) is 16.1 Å². The zero-order chi connectivity index (χ0) is 9.99. The monoisotopic (exact) mass is 264 g/mol. The number of rotatable bonds is 1. The largest absolute Gasteiger partial charge is 0.299 e. The predicted molar refractivity (Wildman–Crippen MR) is 61.6 cm³/mol. The van der Waals surface area contributed by atoms with Gasteiger partial charge in [-0.05, 0) is 52.9 Å². The van der Waals surface area contributed by atoms with Gasteiger partial charge in [0.25, 0.3) is 0 Å². The van der Waals surface area contributed by atoms with Crippen molar-refractivity contribution in [2.45, 2.75) is 18.4 Å². The Balaban J connectivity index is 1.64. The minimum atomic E-state index is 0.749. The van der Waals surface area contributed by atoms with Crippen LogP contribution < -0.4 is 0 Å². The highest BCUT2D eigenvalue weighted by atomic mass is 79.9. The highest BCUT2D eigenvalue weighted by Gasteiger charge is 2.65. The quantitative estimate of drug-likeness (QED) is 0.774. The lowest BCUT2D eigenvalue weighted by Gasteiger charge is -2.12. The molecular weight excluding hydrogens is 252 g/mol. The first-order valence-corrected chi connectivity index (χ1v) is 6.49. The van der Waals surface area contributed by atoms with Gasteiger partial charge in [0, 0.05) is 34.9 Å². The van der Waals surface area contributed by atoms with Crippen LogP contribution in [-0.4, -0.2) is 29.0 Å². The van der Waals surface area contributed by atoms with E-state index in [1.54, 1.807) is 0 Å². The van der Waals surface area contributed by atoms with Crippen LogP contribution in [0.4, 0.5) is 0 Å². The third-order valence-corrected chi connectivity index (χ3v) is 4.82. The molecule has 5 unspecified atom stereocenters. The number of pyridine rings is 1. The molecule has 78 valence electrons. The van der Waals surface area contributed by atoms with Crippen LogP contribution in [0.2, 0.25) is 0 Å². The Labute approximate surface area is 97.8 Å². The molecule has 1 aromatic heterocycles. The minimum Gasteiger partial charge on any atom is -0.299 e. The van der Waals surface area contributed by atoms with E-state index in [1.807, 2.05) is 6.20 Å². The van der Waals surface area contributed by atoms with Crippen molar-refractivity contribution in [3.8, 4) is 0 Å². The fraction of sp³-hybridized carbons (Fsp3) is 0.583. The van der Waals surface area contributed by atoms with Gasteiger partial charge in [-0.1, -0.05) is 0 Å². The lowest BCUT2D eigenvalue weighted by Crippen LogP contribution is -2.21. The van der Waals surface area contributed by atoms with Crippen molar-refractivity contribution in [2.24, 2.45) is 11.8 Å². The Morgan fingerprint density at radius 3 is 3.00 bits per heavy atom. The number of aromatic nitrogens is 1. The summed E-state index contributed by atoms with van der Waals surface area (Å²) in [4.78, 5) is 7.22. The average molecular weight is 265 g/mol. The van der Waals surface area contributed by atoms with E-state index in [4.69, 9.17) is 0 Å². The summed E-state index contributed by atoms with van der Waals surface area (Å²) >= 11 is 3.44. The van der Waals surface area contributed by atoms with Crippen molar-refractivity contribution in [3.63, 3.8) is 0 Å². The van der Waals surface area contributed by atoms with E-state index in [2.05, 4.69) is 37.9 Å². The second-order valence-electron chi connectivity index (χ2n) is 5.04. The van der Waals surface area contributed by atoms with E-state index < -0.39 is 0 Å². The molecule has 1 aliphatic carbocycles. The summed E-state index contributed by atoms with van der Waals surface area (Å²) in [5.74, 6) is 2.66. The van der Waals surface area contributed by atoms with Crippen LogP contribution >= 0.6 is 15.9 Å². The second-order valence-corrected chi connectivity index (χ2v) is 5.95. The molecule has 3 aliphatic rings. The number of halogens is 1. The first kappa shape index (κ1) is 8.71. The van der Waals surface area contributed by atoms with Crippen molar-refractivity contribution >= 4 is 15.9 Å². The average Bonchev–Trinajstić information content (AvgIpc) is 2.69. The van der Waals surface area contributed by atoms with E-state index in [0.29, 0.717) is 0 Å². The molecule has 0 amide bonds. The summed E-state index contributed by atoms with van der Waals surface area (Å²) < 4.78 is 1.08. The molecule has 0 N–H and O–H groups in total. The van der Waals surface area contributed by atoms with Crippen LogP contribution in [0.25, 0.3) is 0 Å². The van der Waals surface area contributed by atoms with Crippen molar-refractivity contribution in [1.82, 2.24) is 9.88 Å². The molecule has 2 saturated heterocycles. The Morgan fingerprint density at radius 1 is 1.40 bits per heavy atom. The molecule has 2 aliphatic heterocycles. The standard InChI is InChI=1S/C12H13BrN2/c13-8-1-2-9(14-5-8)11-10-7-3-4-15(6-7)12(10)11/h1-2,5,7,10-12H,3-4,6H2. The van der Waals surface area contributed by atoms with E-state index in [1.165, 1.54) is 25.2 Å². The maximum absolute atomic E-state index is 4.55. The van der Waals surface area contributed by atoms with Crippen molar-refractivity contribution in [3.05, 3.63) is 28.5 Å². The number of hydrogen-bond donors (Lipinski definition) is 0. The van der Waals surface area contributed by atoms with Crippen LogP contribution in [0.15, 0.2) is 22.8 Å². The molecule has 0 spiro atoms. The van der Waals surface area contributed by atoms with Gasteiger partial charge in [-0.25, -0.2) is 0 Å². The first-order chi connectivity index (χ1) is 7.34. The van der Waals surface area contributed by atoms with Gasteiger partial charge in [-0.2, -0.15) is 0 Å². The predicted octanol–water partition coefficient (Wildman–Crippen LogP) is 2.26. The SMILES string of the molecule is Brc1ccc(C2C3C4CCN(C4)C23)nc1. The molecule has 1 saturated carbocycles. The summed E-state index contributed by atoms with van der Waals surface area (Å²) in [5, 5.41) is 0. The van der Waals surface area contributed by atoms with Crippen LogP contribution in [0, 0.1) is 11.8 Å². The fourth-order valence-electron chi connectivity index (χ4n) is 3.72. The van der Waals surface area contributed by atoms with E-state index in [-0.39, 0.29) is 0 Å². The summed E-state index contributed by atoms with van der Waals surface area (Å²) in [6.07, 6.45) is 3.36. The van der Waals surface area contributed by atoms with Gasteiger partial charge in [-0.3, -0.25) is 9.88 Å². The molecule has 3 fully saturated rings. The van der Waals surface area contributed by atoms with Crippen molar-refractivity contribution in [1.29, 1.82) is 0 Å². The molecule has 0 radical (unpaired) electrons. The molecule has 2 nitrogen and oxygen atoms in total. The molecule has 0 aromatic carbocycles. The van der Waals surface area contributed by atoms with Crippen LogP contribution in [0.1, 0.15) is 18.0 Å². The summed E-state index contributed by atoms with van der Waals surface area (Å²) in [6, 6.07) is 5.15. The van der Waals surface area contributed by atoms with Gasteiger partial charge in [0.15, 0.2) is 0 Å². The third kappa shape index (κ3) is 1.11. The maximum Gasteiger partial charge on any atom is 0.0454 e. The third-order valence-electron chi connectivity index (χ3n) is 4.35. The Morgan fingerprint density at radius 2 is 2.33 bits per heavy atom. The van der Waals surface area contributed by atoms with E-state index in [0.717, 1.165) is 28.3 Å². The van der Waals surface area contributed by atoms with Gasteiger partial charge in [-0.15, -0.1) is 0 Å². The van der Waals surface area contributed by atoms with Gasteiger partial charge in [0.1, 0.15) is 0 Å². The molecule has 3 heteroatoms. The Hall–Kier alpha value is -0.410. The number of nitrogens with zero attached hydrogens (tertiary/aromatic N) is 2. The van der Waals surface area contributed by atoms with E-state index in [9.17, 15) is 0 Å². The first-order valence-electron chi connectivity index (χ1n) is 5.70. The molecule has 4 rings (SSSR count). The zero-order valence-electron chi connectivity index (χ0n) is 8.44. The summed E-state index contributed by atoms with van der Waals surface area (Å²) in [5.41, 5.74) is 1.31. The highest BCUT2D eigenvalue weighted by Crippen LogP contribution is 2.62. The van der Waals surface area contributed by atoms with Crippen molar-refractivity contribution in [2.75, 3.05) is 13.1 Å². The molecule has 1 aromatic rings. The van der Waals surface area contributed by atoms with E-state index >= 15 is 0 Å². The van der Waals surface area contributed by atoms with Gasteiger partial charge in [0.2, 0.25) is 0 Å². The van der Waals surface area contributed by atoms with Crippen LogP contribution in [-0.2, 0) is 0 Å². The molecule has 2 bridgehead atoms. The number of piperidine rings is 2. The van der Waals surface area contributed by atoms with Gasteiger partial charge in [0.05, 0.1) is 0 Å². The Bertz CT molecular complexity index is 387. The Kier molecular flexibility index (Phi) is 1.64. The number of fused-ring (bicyclic) bond motifs is 5. The van der Waals surface area contributed by atoms with Gasteiger partial charge < -0.3 is 0 Å². The smallest absolute Gasteiger partial charge is 0.0454 e. The van der Waals surface area contributed by atoms with Crippen LogP contribution in [0.5, 0.6) is 0 Å². The molecular formula is C12H13BrN2. The molecule has 5 atom stereocenters. The van der Waals surface area contributed by atoms with Crippen molar-refractivity contribution < 1.29 is 0 Å². The highest BCUT2D eigenvalue weighted by molar-refractivity contribution is 9.10. The second kappa shape index (κ2) is 2.83. The summed E-state index contributed by atoms with van der Waals surface area (Å²) in [7, 11) is 0. The molecule has 15 heavy (non-hydrogen) atoms. The fourth-order valence-corrected chi connectivity index (χ4v) is 3.95. The summed E-state index contributed by atoms with van der Waals surface area (Å²) in [6.45, 7) is 2.70.